The molecule has 0 heterocycles. The highest BCUT2D eigenvalue weighted by molar-refractivity contribution is 4.90. The minimum atomic E-state index is -1.14. The van der Waals surface area contributed by atoms with Crippen LogP contribution in [0.2, 0.25) is 0 Å². The maximum Gasteiger partial charge on any atom is 0.121 e. The van der Waals surface area contributed by atoms with Crippen molar-refractivity contribution in [2.24, 2.45) is 25.9 Å². The number of rotatable bonds is 7. The van der Waals surface area contributed by atoms with Crippen molar-refractivity contribution in [2.45, 2.75) is 13.1 Å². The molecule has 0 N–H and O–H groups in total. The monoisotopic (exact) mass is 236 g/mol. The highest BCUT2D eigenvalue weighted by Crippen LogP contribution is 2.27. The van der Waals surface area contributed by atoms with Gasteiger partial charge >= 0.3 is 0 Å². The summed E-state index contributed by atoms with van der Waals surface area (Å²) < 4.78 is 0. The molecule has 0 spiro atoms. The van der Waals surface area contributed by atoms with E-state index in [9.17, 15) is 0 Å². The molecule has 0 saturated heterocycles. The molecule has 0 aromatic rings. The summed E-state index contributed by atoms with van der Waals surface area (Å²) in [6.45, 7) is 1.25. The van der Waals surface area contributed by atoms with E-state index >= 15 is 0 Å². The quantitative estimate of drug-likeness (QED) is 0.354. The van der Waals surface area contributed by atoms with Crippen LogP contribution in [0.4, 0.5) is 0 Å². The average Bonchev–Trinajstić information content (AvgIpc) is 2.33. The second kappa shape index (κ2) is 7.52. The van der Waals surface area contributed by atoms with Crippen molar-refractivity contribution in [3.8, 4) is 0 Å². The first kappa shape index (κ1) is 14.2. The van der Waals surface area contributed by atoms with E-state index in [4.69, 9.17) is 22.1 Å². The zero-order valence-electron chi connectivity index (χ0n) is 8.86. The van der Waals surface area contributed by atoms with Crippen molar-refractivity contribution in [3.05, 3.63) is 41.8 Å². The molecule has 0 amide bonds. The van der Waals surface area contributed by atoms with Gasteiger partial charge in [-0.25, -0.2) is 0 Å². The molecule has 0 radical (unpaired) electrons. The Morgan fingerprint density at radius 1 is 0.882 bits per heavy atom. The number of hydrogen-bond acceptors (Lipinski definition) is 4. The van der Waals surface area contributed by atoms with Gasteiger partial charge in [-0.15, -0.1) is 0 Å². The van der Waals surface area contributed by atoms with Gasteiger partial charge in [0, 0.05) is 32.7 Å². The van der Waals surface area contributed by atoms with Crippen molar-refractivity contribution < 1.29 is 0 Å². The van der Waals surface area contributed by atoms with Crippen molar-refractivity contribution in [2.75, 3.05) is 13.1 Å². The third-order valence-corrected chi connectivity index (χ3v) is 1.94. The van der Waals surface area contributed by atoms with Crippen LogP contribution in [0.25, 0.3) is 41.8 Å². The van der Waals surface area contributed by atoms with Gasteiger partial charge in [0.1, 0.15) is 6.17 Å². The van der Waals surface area contributed by atoms with E-state index in [2.05, 4.69) is 40.1 Å². The normalized spacial score (nSPS) is 13.7. The van der Waals surface area contributed by atoms with Gasteiger partial charge in [0.2, 0.25) is 0 Å². The molecular weight excluding hydrogens is 228 g/mol. The van der Waals surface area contributed by atoms with E-state index in [1.807, 2.05) is 0 Å². The molecule has 0 aliphatic rings. The first-order chi connectivity index (χ1) is 8.14. The van der Waals surface area contributed by atoms with Gasteiger partial charge in [-0.2, -0.15) is 0 Å². The first-order valence-corrected chi connectivity index (χ1v) is 4.24. The van der Waals surface area contributed by atoms with E-state index in [0.717, 1.165) is 0 Å². The van der Waals surface area contributed by atoms with E-state index in [1.165, 1.54) is 6.92 Å². The van der Waals surface area contributed by atoms with Crippen LogP contribution in [-0.4, -0.2) is 19.3 Å². The smallest absolute Gasteiger partial charge is 0.0934 e. The molecule has 12 heteroatoms. The number of nitrogens with zero attached hydrogens (tertiary/aromatic N) is 12. The van der Waals surface area contributed by atoms with Gasteiger partial charge in [-0.1, -0.05) is 27.4 Å². The van der Waals surface area contributed by atoms with E-state index in [1.54, 1.807) is 0 Å². The zero-order valence-corrected chi connectivity index (χ0v) is 8.86. The Labute approximate surface area is 94.7 Å². The van der Waals surface area contributed by atoms with Gasteiger partial charge in [-0.05, 0) is 27.5 Å². The summed E-state index contributed by atoms with van der Waals surface area (Å²) in [5.41, 5.74) is 32.1. The molecule has 0 saturated carbocycles. The van der Waals surface area contributed by atoms with Crippen molar-refractivity contribution in [1.29, 1.82) is 0 Å². The van der Waals surface area contributed by atoms with Gasteiger partial charge in [0.25, 0.3) is 0 Å². The largest absolute Gasteiger partial charge is 0.121 e. The van der Waals surface area contributed by atoms with Gasteiger partial charge in [0.15, 0.2) is 0 Å². The molecule has 0 aromatic heterocycles. The maximum atomic E-state index is 8.35. The molecule has 12 nitrogen and oxygen atoms in total. The molecule has 0 aliphatic carbocycles. The molecule has 0 aliphatic heterocycles. The van der Waals surface area contributed by atoms with Crippen LogP contribution in [0.1, 0.15) is 6.92 Å². The van der Waals surface area contributed by atoms with Gasteiger partial charge < -0.3 is 0 Å². The zero-order chi connectivity index (χ0) is 13.1. The molecule has 0 fully saturated rings. The standard InChI is InChI=1S/C5H8N12/c1-5(2-10-14-6,3-11-15-7)4(12-16-8)13-17-9/h4H,2-3H2,1H3. The van der Waals surface area contributed by atoms with Crippen LogP contribution in [-0.2, 0) is 0 Å². The molecule has 88 valence electrons. The van der Waals surface area contributed by atoms with Crippen molar-refractivity contribution >= 4 is 0 Å². The summed E-state index contributed by atoms with van der Waals surface area (Å²) in [6.07, 6.45) is -1.14. The Bertz CT molecular complexity index is 402. The van der Waals surface area contributed by atoms with Crippen LogP contribution in [0.15, 0.2) is 20.5 Å². The van der Waals surface area contributed by atoms with E-state index in [-0.39, 0.29) is 13.1 Å². The summed E-state index contributed by atoms with van der Waals surface area (Å²) >= 11 is 0. The summed E-state index contributed by atoms with van der Waals surface area (Å²) in [7, 11) is 0. The fourth-order valence-corrected chi connectivity index (χ4v) is 0.999. The number of hydrogen-bond donors (Lipinski definition) is 0. The van der Waals surface area contributed by atoms with E-state index < -0.39 is 11.6 Å². The summed E-state index contributed by atoms with van der Waals surface area (Å²) in [5, 5.41) is 13.2. The summed E-state index contributed by atoms with van der Waals surface area (Å²) in [5.74, 6) is 0. The van der Waals surface area contributed by atoms with Crippen LogP contribution in [0.5, 0.6) is 0 Å². The predicted octanol–water partition coefficient (Wildman–Crippen LogP) is 3.56. The second-order valence-electron chi connectivity index (χ2n) is 3.22. The van der Waals surface area contributed by atoms with Crippen LogP contribution in [0, 0.1) is 5.41 Å². The average molecular weight is 236 g/mol. The Morgan fingerprint density at radius 2 is 1.29 bits per heavy atom. The highest BCUT2D eigenvalue weighted by atomic mass is 15.3. The molecule has 0 unspecified atom stereocenters. The molecule has 0 bridgehead atoms. The van der Waals surface area contributed by atoms with Crippen LogP contribution < -0.4 is 0 Å². The molecular formula is C5H8N12. The van der Waals surface area contributed by atoms with Crippen LogP contribution >= 0.6 is 0 Å². The molecule has 0 aromatic carbocycles. The molecule has 0 atom stereocenters. The fraction of sp³-hybridized carbons (Fsp3) is 1.00. The lowest BCUT2D eigenvalue weighted by Crippen LogP contribution is -2.35. The predicted molar refractivity (Wildman–Crippen MR) is 58.2 cm³/mol. The van der Waals surface area contributed by atoms with Gasteiger partial charge in [0.05, 0.1) is 0 Å². The first-order valence-electron chi connectivity index (χ1n) is 4.24. The third kappa shape index (κ3) is 4.52. The van der Waals surface area contributed by atoms with Crippen LogP contribution in [0.3, 0.4) is 0 Å². The minimum absolute atomic E-state index is 0.134. The minimum Gasteiger partial charge on any atom is -0.0934 e. The molecule has 17 heavy (non-hydrogen) atoms. The summed E-state index contributed by atoms with van der Waals surface area (Å²) in [4.78, 5) is 10.2. The molecule has 0 rings (SSSR count). The van der Waals surface area contributed by atoms with Gasteiger partial charge in [-0.3, -0.25) is 0 Å². The lowest BCUT2D eigenvalue weighted by molar-refractivity contribution is 0.278. The SMILES string of the molecule is CC(CN=[N+]=[N-])(CN=[N+]=[N-])C(N=[N+]=[N-])N=[N+]=[N-]. The second-order valence-corrected chi connectivity index (χ2v) is 3.22. The Hall–Kier alpha value is -2.76. The fourth-order valence-electron chi connectivity index (χ4n) is 0.999. The van der Waals surface area contributed by atoms with Crippen molar-refractivity contribution in [3.63, 3.8) is 0 Å². The lowest BCUT2D eigenvalue weighted by atomic mass is 9.87. The Morgan fingerprint density at radius 3 is 1.59 bits per heavy atom. The topological polar surface area (TPSA) is 195 Å². The maximum absolute atomic E-state index is 8.35. The number of azide groups is 3. The summed E-state index contributed by atoms with van der Waals surface area (Å²) in [6, 6.07) is 0. The highest BCUT2D eigenvalue weighted by Gasteiger charge is 2.32. The van der Waals surface area contributed by atoms with E-state index in [0.29, 0.717) is 0 Å². The van der Waals surface area contributed by atoms with Crippen molar-refractivity contribution in [1.82, 2.24) is 0 Å². The third-order valence-electron chi connectivity index (χ3n) is 1.94. The Kier molecular flexibility index (Phi) is 6.30. The Balaban J connectivity index is 5.34. The lowest BCUT2D eigenvalue weighted by Gasteiger charge is -2.28.